The zero-order valence-electron chi connectivity index (χ0n) is 11.5. The van der Waals surface area contributed by atoms with Crippen LogP contribution < -0.4 is 5.73 Å². The molecule has 0 fully saturated rings. The van der Waals surface area contributed by atoms with E-state index in [0.717, 1.165) is 0 Å². The molecule has 0 saturated carbocycles. The molecule has 0 aliphatic rings. The number of carbonyl (C=O) groups excluding carboxylic acids is 1. The zero-order chi connectivity index (χ0) is 15.9. The van der Waals surface area contributed by atoms with E-state index >= 15 is 0 Å². The van der Waals surface area contributed by atoms with E-state index in [2.05, 4.69) is 21.9 Å². The summed E-state index contributed by atoms with van der Waals surface area (Å²) in [7, 11) is 0. The van der Waals surface area contributed by atoms with Crippen molar-refractivity contribution in [1.82, 2.24) is 14.8 Å². The average molecular weight is 304 g/mol. The van der Waals surface area contributed by atoms with Crippen LogP contribution in [0, 0.1) is 17.7 Å². The fourth-order valence-electron chi connectivity index (χ4n) is 1.54. The Hall–Kier alpha value is -2.76. The van der Waals surface area contributed by atoms with Crippen LogP contribution in [0.2, 0.25) is 0 Å². The van der Waals surface area contributed by atoms with Gasteiger partial charge in [0.05, 0.1) is 13.2 Å². The lowest BCUT2D eigenvalue weighted by molar-refractivity contribution is 0.0411. The first-order valence-electron chi connectivity index (χ1n) is 6.31. The van der Waals surface area contributed by atoms with Crippen molar-refractivity contribution < 1.29 is 19.0 Å². The van der Waals surface area contributed by atoms with E-state index in [1.807, 2.05) is 0 Å². The molecule has 0 saturated heterocycles. The summed E-state index contributed by atoms with van der Waals surface area (Å²) in [6, 6.07) is 5.74. The highest BCUT2D eigenvalue weighted by molar-refractivity contribution is 5.88. The molecule has 0 bridgehead atoms. The number of hydrogen-bond donors (Lipinski definition) is 2. The van der Waals surface area contributed by atoms with Gasteiger partial charge in [0.1, 0.15) is 12.5 Å². The number of carbonyl (C=O) groups is 1. The molecule has 1 aromatic heterocycles. The van der Waals surface area contributed by atoms with Crippen LogP contribution in [0.4, 0.5) is 4.39 Å². The number of aliphatic hydroxyl groups is 1. The zero-order valence-corrected chi connectivity index (χ0v) is 11.5. The SMILES string of the molecule is NC(=O)c1nc(C#Cc2cccc(F)c2)n(COCCO)n1. The summed E-state index contributed by atoms with van der Waals surface area (Å²) in [5, 5.41) is 12.5. The number of nitrogens with zero attached hydrogens (tertiary/aromatic N) is 3. The minimum absolute atomic E-state index is 0.0476. The summed E-state index contributed by atoms with van der Waals surface area (Å²) in [6.45, 7) is -0.0990. The number of nitrogens with two attached hydrogens (primary N) is 1. The Balaban J connectivity index is 2.27. The fraction of sp³-hybridized carbons (Fsp3) is 0.214. The van der Waals surface area contributed by atoms with Gasteiger partial charge in [-0.1, -0.05) is 12.0 Å². The minimum atomic E-state index is -0.797. The molecule has 1 aromatic carbocycles. The van der Waals surface area contributed by atoms with E-state index in [1.54, 1.807) is 6.07 Å². The van der Waals surface area contributed by atoms with Gasteiger partial charge in [0.2, 0.25) is 11.6 Å². The number of benzene rings is 1. The fourth-order valence-corrected chi connectivity index (χ4v) is 1.54. The number of primary amides is 1. The molecule has 1 heterocycles. The molecule has 0 aliphatic heterocycles. The van der Waals surface area contributed by atoms with Gasteiger partial charge in [-0.15, -0.1) is 5.10 Å². The lowest BCUT2D eigenvalue weighted by Crippen LogP contribution is -2.14. The predicted molar refractivity (Wildman–Crippen MR) is 74.0 cm³/mol. The summed E-state index contributed by atoms with van der Waals surface area (Å²) < 4.78 is 19.4. The smallest absolute Gasteiger partial charge is 0.288 e. The number of aromatic nitrogens is 3. The Morgan fingerprint density at radius 2 is 2.27 bits per heavy atom. The van der Waals surface area contributed by atoms with Crippen LogP contribution in [0.3, 0.4) is 0 Å². The molecule has 8 heteroatoms. The van der Waals surface area contributed by atoms with Crippen molar-refractivity contribution in [2.75, 3.05) is 13.2 Å². The Bertz CT molecular complexity index is 733. The van der Waals surface area contributed by atoms with Gasteiger partial charge in [-0.05, 0) is 24.1 Å². The van der Waals surface area contributed by atoms with Crippen molar-refractivity contribution in [2.24, 2.45) is 5.73 Å². The van der Waals surface area contributed by atoms with Gasteiger partial charge in [0.25, 0.3) is 5.91 Å². The van der Waals surface area contributed by atoms with Crippen molar-refractivity contribution in [3.8, 4) is 11.8 Å². The maximum absolute atomic E-state index is 13.1. The molecule has 114 valence electrons. The number of hydrogen-bond acceptors (Lipinski definition) is 5. The molecule has 0 aliphatic carbocycles. The maximum atomic E-state index is 13.1. The molecule has 1 amide bonds. The van der Waals surface area contributed by atoms with E-state index < -0.39 is 11.7 Å². The van der Waals surface area contributed by atoms with E-state index in [4.69, 9.17) is 15.6 Å². The van der Waals surface area contributed by atoms with Crippen molar-refractivity contribution in [3.05, 3.63) is 47.3 Å². The topological polar surface area (TPSA) is 103 Å². The second kappa shape index (κ2) is 7.31. The van der Waals surface area contributed by atoms with Crippen LogP contribution in [0.1, 0.15) is 22.0 Å². The summed E-state index contributed by atoms with van der Waals surface area (Å²) in [5.41, 5.74) is 5.57. The standard InChI is InChI=1S/C14H13FN4O3/c15-11-3-1-2-10(8-11)4-5-12-17-14(13(16)21)18-19(12)9-22-7-6-20/h1-3,8,20H,6-7,9H2,(H2,16,21). The second-order valence-corrected chi connectivity index (χ2v) is 4.14. The Morgan fingerprint density at radius 1 is 1.45 bits per heavy atom. The highest BCUT2D eigenvalue weighted by Gasteiger charge is 2.12. The van der Waals surface area contributed by atoms with Crippen LogP contribution in [-0.4, -0.2) is 39.0 Å². The van der Waals surface area contributed by atoms with Gasteiger partial charge in [0.15, 0.2) is 0 Å². The maximum Gasteiger partial charge on any atom is 0.288 e. The third-order valence-corrected chi connectivity index (χ3v) is 2.48. The second-order valence-electron chi connectivity index (χ2n) is 4.14. The highest BCUT2D eigenvalue weighted by atomic mass is 19.1. The van der Waals surface area contributed by atoms with Crippen molar-refractivity contribution >= 4 is 5.91 Å². The van der Waals surface area contributed by atoms with Crippen LogP contribution in [0.15, 0.2) is 24.3 Å². The third kappa shape index (κ3) is 4.12. The van der Waals surface area contributed by atoms with E-state index in [0.29, 0.717) is 5.56 Å². The molecule has 22 heavy (non-hydrogen) atoms. The summed E-state index contributed by atoms with van der Waals surface area (Å²) >= 11 is 0. The number of ether oxygens (including phenoxy) is 1. The average Bonchev–Trinajstić information content (AvgIpc) is 2.89. The van der Waals surface area contributed by atoms with Gasteiger partial charge in [-0.3, -0.25) is 4.79 Å². The number of rotatable bonds is 5. The summed E-state index contributed by atoms with van der Waals surface area (Å²) in [5.74, 6) is 4.15. The van der Waals surface area contributed by atoms with Gasteiger partial charge in [0, 0.05) is 5.56 Å². The molecule has 7 nitrogen and oxygen atoms in total. The number of amides is 1. The first kappa shape index (κ1) is 15.6. The largest absolute Gasteiger partial charge is 0.394 e. The quantitative estimate of drug-likeness (QED) is 0.592. The van der Waals surface area contributed by atoms with Gasteiger partial charge in [-0.2, -0.15) is 4.98 Å². The lowest BCUT2D eigenvalue weighted by Gasteiger charge is -2.02. The molecule has 3 N–H and O–H groups in total. The van der Waals surface area contributed by atoms with E-state index in [1.165, 1.54) is 22.9 Å². The minimum Gasteiger partial charge on any atom is -0.394 e. The molecular formula is C14H13FN4O3. The molecule has 2 aromatic rings. The molecule has 0 unspecified atom stereocenters. The molecule has 0 radical (unpaired) electrons. The Labute approximate surface area is 125 Å². The normalized spacial score (nSPS) is 10.1. The Morgan fingerprint density at radius 3 is 2.95 bits per heavy atom. The van der Waals surface area contributed by atoms with Gasteiger partial charge in [-0.25, -0.2) is 9.07 Å². The molecule has 2 rings (SSSR count). The predicted octanol–water partition coefficient (Wildman–Crippen LogP) is -0.118. The number of halogens is 1. The van der Waals surface area contributed by atoms with Crippen molar-refractivity contribution in [2.45, 2.75) is 6.73 Å². The van der Waals surface area contributed by atoms with Gasteiger partial charge < -0.3 is 15.6 Å². The van der Waals surface area contributed by atoms with E-state index in [-0.39, 0.29) is 31.6 Å². The van der Waals surface area contributed by atoms with Crippen LogP contribution >= 0.6 is 0 Å². The highest BCUT2D eigenvalue weighted by Crippen LogP contribution is 2.03. The monoisotopic (exact) mass is 304 g/mol. The molecule has 0 atom stereocenters. The first-order valence-corrected chi connectivity index (χ1v) is 6.31. The van der Waals surface area contributed by atoms with Crippen molar-refractivity contribution in [1.29, 1.82) is 0 Å². The first-order chi connectivity index (χ1) is 10.6. The van der Waals surface area contributed by atoms with Crippen molar-refractivity contribution in [3.63, 3.8) is 0 Å². The van der Waals surface area contributed by atoms with E-state index in [9.17, 15) is 9.18 Å². The van der Waals surface area contributed by atoms with Crippen LogP contribution in [0.5, 0.6) is 0 Å². The molecular weight excluding hydrogens is 291 g/mol. The van der Waals surface area contributed by atoms with Gasteiger partial charge >= 0.3 is 0 Å². The van der Waals surface area contributed by atoms with Crippen LogP contribution in [0.25, 0.3) is 0 Å². The van der Waals surface area contributed by atoms with Crippen LogP contribution in [-0.2, 0) is 11.5 Å². The number of aliphatic hydroxyl groups excluding tert-OH is 1. The Kier molecular flexibility index (Phi) is 5.19. The third-order valence-electron chi connectivity index (χ3n) is 2.48. The lowest BCUT2D eigenvalue weighted by atomic mass is 10.2. The molecule has 0 spiro atoms. The summed E-state index contributed by atoms with van der Waals surface area (Å²) in [4.78, 5) is 15.0. The summed E-state index contributed by atoms with van der Waals surface area (Å²) in [6.07, 6.45) is 0.